The van der Waals surface area contributed by atoms with Crippen LogP contribution in [0.4, 0.5) is 4.39 Å². The molecule has 4 nitrogen and oxygen atoms in total. The highest BCUT2D eigenvalue weighted by atomic mass is 19.1. The Labute approximate surface area is 143 Å². The van der Waals surface area contributed by atoms with E-state index in [1.165, 1.54) is 12.1 Å². The van der Waals surface area contributed by atoms with Crippen molar-refractivity contribution >= 4 is 11.7 Å². The van der Waals surface area contributed by atoms with Crippen molar-refractivity contribution in [2.45, 2.75) is 51.5 Å². The highest BCUT2D eigenvalue weighted by Crippen LogP contribution is 2.13. The van der Waals surface area contributed by atoms with Crippen molar-refractivity contribution in [3.63, 3.8) is 0 Å². The molecule has 0 spiro atoms. The van der Waals surface area contributed by atoms with Crippen molar-refractivity contribution in [2.24, 2.45) is 0 Å². The summed E-state index contributed by atoms with van der Waals surface area (Å²) in [5.41, 5.74) is 0.578. The number of amides is 1. The van der Waals surface area contributed by atoms with Crippen LogP contribution >= 0.6 is 0 Å². The third kappa shape index (κ3) is 6.04. The predicted molar refractivity (Wildman–Crippen MR) is 92.5 cm³/mol. The van der Waals surface area contributed by atoms with Crippen molar-refractivity contribution < 1.29 is 14.0 Å². The Morgan fingerprint density at radius 1 is 1.17 bits per heavy atom. The van der Waals surface area contributed by atoms with Crippen LogP contribution in [0.1, 0.15) is 55.8 Å². The van der Waals surface area contributed by atoms with Gasteiger partial charge in [0.25, 0.3) is 0 Å². The number of benzene rings is 1. The Bertz CT molecular complexity index is 537. The van der Waals surface area contributed by atoms with Crippen molar-refractivity contribution in [1.82, 2.24) is 10.2 Å². The van der Waals surface area contributed by atoms with Gasteiger partial charge in [-0.3, -0.25) is 9.59 Å². The Morgan fingerprint density at radius 3 is 2.46 bits per heavy atom. The Balaban J connectivity index is 1.63. The lowest BCUT2D eigenvalue weighted by Gasteiger charge is -2.32. The second-order valence-electron chi connectivity index (χ2n) is 6.47. The fourth-order valence-corrected chi connectivity index (χ4v) is 3.07. The van der Waals surface area contributed by atoms with Crippen molar-refractivity contribution in [3.05, 3.63) is 35.6 Å². The molecule has 1 aromatic rings. The summed E-state index contributed by atoms with van der Waals surface area (Å²) in [6.45, 7) is 4.82. The lowest BCUT2D eigenvalue weighted by molar-refractivity contribution is -0.122. The number of nitrogens with one attached hydrogen (secondary N) is 1. The molecule has 0 unspecified atom stereocenters. The molecule has 0 aromatic heterocycles. The monoisotopic (exact) mass is 334 g/mol. The largest absolute Gasteiger partial charge is 0.353 e. The van der Waals surface area contributed by atoms with Gasteiger partial charge in [0.15, 0.2) is 5.78 Å². The SMILES string of the molecule is CCCC(=O)NC1CCN(CCCC(=O)c2ccc(F)cc2)CC1. The first-order valence-electron chi connectivity index (χ1n) is 8.89. The zero-order valence-corrected chi connectivity index (χ0v) is 14.4. The minimum Gasteiger partial charge on any atom is -0.353 e. The second kappa shape index (κ2) is 9.52. The van der Waals surface area contributed by atoms with E-state index in [1.807, 2.05) is 6.92 Å². The summed E-state index contributed by atoms with van der Waals surface area (Å²) >= 11 is 0. The normalized spacial score (nSPS) is 16.1. The molecule has 0 aliphatic carbocycles. The Hall–Kier alpha value is -1.75. The first kappa shape index (κ1) is 18.6. The number of ketones is 1. The summed E-state index contributed by atoms with van der Waals surface area (Å²) in [4.78, 5) is 26.0. The summed E-state index contributed by atoms with van der Waals surface area (Å²) in [5, 5.41) is 3.09. The number of rotatable bonds is 8. The van der Waals surface area contributed by atoms with E-state index in [4.69, 9.17) is 0 Å². The topological polar surface area (TPSA) is 49.4 Å². The van der Waals surface area contributed by atoms with E-state index in [9.17, 15) is 14.0 Å². The van der Waals surface area contributed by atoms with E-state index in [1.54, 1.807) is 12.1 Å². The van der Waals surface area contributed by atoms with Crippen LogP contribution in [-0.2, 0) is 4.79 Å². The maximum absolute atomic E-state index is 12.9. The fraction of sp³-hybridized carbons (Fsp3) is 0.579. The van der Waals surface area contributed by atoms with Gasteiger partial charge in [0, 0.05) is 37.5 Å². The number of carbonyl (C=O) groups is 2. The van der Waals surface area contributed by atoms with Gasteiger partial charge in [0.05, 0.1) is 0 Å². The minimum absolute atomic E-state index is 0.0664. The van der Waals surface area contributed by atoms with Crippen LogP contribution in [0.25, 0.3) is 0 Å². The lowest BCUT2D eigenvalue weighted by atomic mass is 10.0. The van der Waals surface area contributed by atoms with Crippen molar-refractivity contribution in [2.75, 3.05) is 19.6 Å². The molecule has 24 heavy (non-hydrogen) atoms. The highest BCUT2D eigenvalue weighted by Gasteiger charge is 2.20. The average molecular weight is 334 g/mol. The summed E-state index contributed by atoms with van der Waals surface area (Å²) < 4.78 is 12.9. The van der Waals surface area contributed by atoms with E-state index in [2.05, 4.69) is 10.2 Å². The molecule has 1 aliphatic rings. The smallest absolute Gasteiger partial charge is 0.220 e. The summed E-state index contributed by atoms with van der Waals surface area (Å²) in [5.74, 6) is -0.0991. The van der Waals surface area contributed by atoms with Crippen LogP contribution < -0.4 is 5.32 Å². The van der Waals surface area contributed by atoms with Gasteiger partial charge in [0.2, 0.25) is 5.91 Å². The van der Waals surface area contributed by atoms with Gasteiger partial charge >= 0.3 is 0 Å². The molecule has 1 amide bonds. The quantitative estimate of drug-likeness (QED) is 0.743. The van der Waals surface area contributed by atoms with Gasteiger partial charge in [0.1, 0.15) is 5.82 Å². The van der Waals surface area contributed by atoms with E-state index in [0.29, 0.717) is 24.4 Å². The van der Waals surface area contributed by atoms with Gasteiger partial charge in [-0.25, -0.2) is 4.39 Å². The maximum Gasteiger partial charge on any atom is 0.220 e. The number of nitrogens with zero attached hydrogens (tertiary/aromatic N) is 1. The number of hydrogen-bond donors (Lipinski definition) is 1. The molecule has 1 aromatic carbocycles. The van der Waals surface area contributed by atoms with E-state index in [0.717, 1.165) is 45.3 Å². The van der Waals surface area contributed by atoms with Gasteiger partial charge in [-0.05, 0) is 56.5 Å². The maximum atomic E-state index is 12.9. The molecule has 1 aliphatic heterocycles. The van der Waals surface area contributed by atoms with Gasteiger partial charge in [-0.2, -0.15) is 0 Å². The van der Waals surface area contributed by atoms with Gasteiger partial charge in [-0.15, -0.1) is 0 Å². The number of piperidine rings is 1. The minimum atomic E-state index is -0.319. The van der Waals surface area contributed by atoms with Gasteiger partial charge < -0.3 is 10.2 Å². The number of likely N-dealkylation sites (tertiary alicyclic amines) is 1. The first-order valence-corrected chi connectivity index (χ1v) is 8.89. The molecule has 1 saturated heterocycles. The van der Waals surface area contributed by atoms with Crippen LogP contribution in [-0.4, -0.2) is 42.3 Å². The van der Waals surface area contributed by atoms with Crippen LogP contribution in [0.3, 0.4) is 0 Å². The molecule has 5 heteroatoms. The molecule has 2 rings (SSSR count). The van der Waals surface area contributed by atoms with Crippen LogP contribution in [0.2, 0.25) is 0 Å². The zero-order valence-electron chi connectivity index (χ0n) is 14.4. The standard InChI is InChI=1S/C19H27FN2O2/c1-2-4-19(24)21-17-10-13-22(14-11-17)12-3-5-18(23)15-6-8-16(20)9-7-15/h6-9,17H,2-5,10-14H2,1H3,(H,21,24). The third-order valence-electron chi connectivity index (χ3n) is 4.47. The molecular weight excluding hydrogens is 307 g/mol. The molecule has 0 saturated carbocycles. The van der Waals surface area contributed by atoms with E-state index < -0.39 is 0 Å². The third-order valence-corrected chi connectivity index (χ3v) is 4.47. The lowest BCUT2D eigenvalue weighted by Crippen LogP contribution is -2.44. The van der Waals surface area contributed by atoms with Crippen molar-refractivity contribution in [3.8, 4) is 0 Å². The van der Waals surface area contributed by atoms with E-state index >= 15 is 0 Å². The number of halogens is 1. The predicted octanol–water partition coefficient (Wildman–Crippen LogP) is 3.17. The summed E-state index contributed by atoms with van der Waals surface area (Å²) in [7, 11) is 0. The number of hydrogen-bond acceptors (Lipinski definition) is 3. The molecule has 132 valence electrons. The van der Waals surface area contributed by atoms with Crippen LogP contribution in [0, 0.1) is 5.82 Å². The Morgan fingerprint density at radius 2 is 1.83 bits per heavy atom. The molecule has 0 bridgehead atoms. The molecule has 1 fully saturated rings. The second-order valence-corrected chi connectivity index (χ2v) is 6.47. The number of carbonyl (C=O) groups excluding carboxylic acids is 2. The molecule has 0 atom stereocenters. The molecule has 0 radical (unpaired) electrons. The molecule has 1 N–H and O–H groups in total. The van der Waals surface area contributed by atoms with E-state index in [-0.39, 0.29) is 17.5 Å². The van der Waals surface area contributed by atoms with Crippen LogP contribution in [0.5, 0.6) is 0 Å². The Kier molecular flexibility index (Phi) is 7.37. The zero-order chi connectivity index (χ0) is 17.4. The summed E-state index contributed by atoms with van der Waals surface area (Å²) in [6, 6.07) is 6.03. The first-order chi connectivity index (χ1) is 11.6. The fourth-order valence-electron chi connectivity index (χ4n) is 3.07. The average Bonchev–Trinajstić information content (AvgIpc) is 2.57. The highest BCUT2D eigenvalue weighted by molar-refractivity contribution is 5.95. The van der Waals surface area contributed by atoms with Crippen molar-refractivity contribution in [1.29, 1.82) is 0 Å². The molecule has 1 heterocycles. The number of Topliss-reactive ketones (excluding diaryl/α,β-unsaturated/α-hetero) is 1. The summed E-state index contributed by atoms with van der Waals surface area (Å²) in [6.07, 6.45) is 4.73. The van der Waals surface area contributed by atoms with Crippen LogP contribution in [0.15, 0.2) is 24.3 Å². The molecular formula is C19H27FN2O2. The van der Waals surface area contributed by atoms with Gasteiger partial charge in [-0.1, -0.05) is 6.92 Å².